The Morgan fingerprint density at radius 1 is 1.23 bits per heavy atom. The second-order valence-electron chi connectivity index (χ2n) is 7.17. The van der Waals surface area contributed by atoms with Crippen LogP contribution in [0.25, 0.3) is 10.9 Å². The number of thioether (sulfide) groups is 1. The molecule has 0 radical (unpaired) electrons. The molecule has 4 nitrogen and oxygen atoms in total. The number of aromatic nitrogens is 2. The second-order valence-corrected chi connectivity index (χ2v) is 8.16. The van der Waals surface area contributed by atoms with Crippen LogP contribution in [-0.2, 0) is 11.3 Å². The molecule has 4 rings (SSSR count). The summed E-state index contributed by atoms with van der Waals surface area (Å²) in [5.41, 5.74) is 2.37. The average molecular weight is 371 g/mol. The largest absolute Gasteiger partial charge is 0.377 e. The summed E-state index contributed by atoms with van der Waals surface area (Å²) in [6, 6.07) is 7.68. The topological polar surface area (TPSA) is 44.1 Å². The lowest BCUT2D eigenvalue weighted by atomic mass is 9.97. The number of para-hydroxylation sites is 1. The SMILES string of the molecule is O=c1c2ccccc2nc(SC[C@@H]2CCCO2)n1CCC1=CCCCC1. The maximum Gasteiger partial charge on any atom is 0.262 e. The monoisotopic (exact) mass is 370 g/mol. The summed E-state index contributed by atoms with van der Waals surface area (Å²) in [5.74, 6) is 0.869. The predicted octanol–water partition coefficient (Wildman–Crippen LogP) is 4.56. The molecule has 26 heavy (non-hydrogen) atoms. The van der Waals surface area contributed by atoms with E-state index in [-0.39, 0.29) is 11.7 Å². The van der Waals surface area contributed by atoms with Crippen LogP contribution in [0.5, 0.6) is 0 Å². The Kier molecular flexibility index (Phi) is 5.75. The quantitative estimate of drug-likeness (QED) is 0.425. The molecular formula is C21H26N2O2S. The number of hydrogen-bond donors (Lipinski definition) is 0. The van der Waals surface area contributed by atoms with Gasteiger partial charge in [-0.1, -0.05) is 35.5 Å². The molecule has 0 spiro atoms. The number of fused-ring (bicyclic) bond motifs is 1. The summed E-state index contributed by atoms with van der Waals surface area (Å²) in [5, 5.41) is 1.55. The normalized spacial score (nSPS) is 20.5. The van der Waals surface area contributed by atoms with Gasteiger partial charge in [-0.25, -0.2) is 4.98 Å². The van der Waals surface area contributed by atoms with Crippen LogP contribution in [0.4, 0.5) is 0 Å². The molecule has 0 saturated carbocycles. The molecule has 0 amide bonds. The van der Waals surface area contributed by atoms with E-state index in [0.29, 0.717) is 5.39 Å². The molecule has 1 saturated heterocycles. The van der Waals surface area contributed by atoms with Crippen molar-refractivity contribution in [2.24, 2.45) is 0 Å². The molecule has 138 valence electrons. The van der Waals surface area contributed by atoms with E-state index in [0.717, 1.165) is 48.8 Å². The van der Waals surface area contributed by atoms with Crippen LogP contribution in [0.2, 0.25) is 0 Å². The van der Waals surface area contributed by atoms with Gasteiger partial charge in [-0.15, -0.1) is 0 Å². The molecule has 1 fully saturated rings. The molecular weight excluding hydrogens is 344 g/mol. The average Bonchev–Trinajstić information content (AvgIpc) is 3.20. The molecule has 0 unspecified atom stereocenters. The Morgan fingerprint density at radius 2 is 2.15 bits per heavy atom. The van der Waals surface area contributed by atoms with Gasteiger partial charge in [0, 0.05) is 18.9 Å². The maximum atomic E-state index is 13.1. The Labute approximate surface area is 158 Å². The number of rotatable bonds is 6. The highest BCUT2D eigenvalue weighted by atomic mass is 32.2. The van der Waals surface area contributed by atoms with Gasteiger partial charge in [0.1, 0.15) is 0 Å². The standard InChI is InChI=1S/C21H26N2O2S/c24-20-18-10-4-5-11-19(18)22-21(26-15-17-9-6-14-25-17)23(20)13-12-16-7-2-1-3-8-16/h4-5,7,10-11,17H,1-3,6,8-9,12-15H2/t17-/m0/s1. The van der Waals surface area contributed by atoms with E-state index in [4.69, 9.17) is 9.72 Å². The van der Waals surface area contributed by atoms with E-state index in [2.05, 4.69) is 6.08 Å². The highest BCUT2D eigenvalue weighted by Crippen LogP contribution is 2.25. The Balaban J connectivity index is 1.60. The summed E-state index contributed by atoms with van der Waals surface area (Å²) < 4.78 is 7.63. The van der Waals surface area contributed by atoms with Crippen molar-refractivity contribution in [2.75, 3.05) is 12.4 Å². The lowest BCUT2D eigenvalue weighted by Gasteiger charge is -2.17. The van der Waals surface area contributed by atoms with E-state index >= 15 is 0 Å². The van der Waals surface area contributed by atoms with Crippen molar-refractivity contribution in [1.82, 2.24) is 9.55 Å². The zero-order valence-corrected chi connectivity index (χ0v) is 16.0. The van der Waals surface area contributed by atoms with Gasteiger partial charge in [0.2, 0.25) is 0 Å². The molecule has 0 N–H and O–H groups in total. The molecule has 2 aliphatic rings. The molecule has 0 bridgehead atoms. The molecule has 1 aromatic heterocycles. The zero-order chi connectivity index (χ0) is 17.8. The number of nitrogens with zero attached hydrogens (tertiary/aromatic N) is 2. The summed E-state index contributed by atoms with van der Waals surface area (Å²) in [7, 11) is 0. The molecule has 5 heteroatoms. The van der Waals surface area contributed by atoms with Gasteiger partial charge in [-0.3, -0.25) is 9.36 Å². The number of ether oxygens (including phenoxy) is 1. The number of hydrogen-bond acceptors (Lipinski definition) is 4. The van der Waals surface area contributed by atoms with E-state index in [1.807, 2.05) is 28.8 Å². The molecule has 2 heterocycles. The minimum absolute atomic E-state index is 0.0850. The van der Waals surface area contributed by atoms with E-state index < -0.39 is 0 Å². The fraction of sp³-hybridized carbons (Fsp3) is 0.524. The van der Waals surface area contributed by atoms with Gasteiger partial charge in [-0.2, -0.15) is 0 Å². The highest BCUT2D eigenvalue weighted by molar-refractivity contribution is 7.99. The van der Waals surface area contributed by atoms with Crippen molar-refractivity contribution in [3.63, 3.8) is 0 Å². The molecule has 2 aromatic rings. The maximum absolute atomic E-state index is 13.1. The predicted molar refractivity (Wildman–Crippen MR) is 107 cm³/mol. The van der Waals surface area contributed by atoms with Crippen LogP contribution in [0.15, 0.2) is 45.9 Å². The first-order chi connectivity index (χ1) is 12.8. The van der Waals surface area contributed by atoms with Crippen molar-refractivity contribution in [3.05, 3.63) is 46.3 Å². The van der Waals surface area contributed by atoms with Crippen molar-refractivity contribution >= 4 is 22.7 Å². The first-order valence-electron chi connectivity index (χ1n) is 9.73. The van der Waals surface area contributed by atoms with Gasteiger partial charge in [0.05, 0.1) is 17.0 Å². The summed E-state index contributed by atoms with van der Waals surface area (Å²) in [6.45, 7) is 1.58. The van der Waals surface area contributed by atoms with E-state index in [9.17, 15) is 4.79 Å². The highest BCUT2D eigenvalue weighted by Gasteiger charge is 2.18. The van der Waals surface area contributed by atoms with Crippen LogP contribution in [0.1, 0.15) is 44.9 Å². The zero-order valence-electron chi connectivity index (χ0n) is 15.2. The third-order valence-corrected chi connectivity index (χ3v) is 6.40. The Hall–Kier alpha value is -1.59. The molecule has 1 aliphatic carbocycles. The third-order valence-electron chi connectivity index (χ3n) is 5.29. The smallest absolute Gasteiger partial charge is 0.262 e. The second kappa shape index (κ2) is 8.40. The van der Waals surface area contributed by atoms with Crippen molar-refractivity contribution in [3.8, 4) is 0 Å². The van der Waals surface area contributed by atoms with Crippen molar-refractivity contribution < 1.29 is 4.74 Å². The fourth-order valence-electron chi connectivity index (χ4n) is 3.79. The fourth-order valence-corrected chi connectivity index (χ4v) is 4.88. The van der Waals surface area contributed by atoms with Crippen LogP contribution in [0.3, 0.4) is 0 Å². The Morgan fingerprint density at radius 3 is 2.96 bits per heavy atom. The summed E-state index contributed by atoms with van der Waals surface area (Å²) >= 11 is 1.67. The lowest BCUT2D eigenvalue weighted by molar-refractivity contribution is 0.129. The van der Waals surface area contributed by atoms with Gasteiger partial charge in [0.25, 0.3) is 5.56 Å². The van der Waals surface area contributed by atoms with Crippen LogP contribution in [0, 0.1) is 0 Å². The van der Waals surface area contributed by atoms with Crippen molar-refractivity contribution in [2.45, 2.75) is 62.8 Å². The first kappa shape index (κ1) is 17.8. The molecule has 1 aromatic carbocycles. The lowest BCUT2D eigenvalue weighted by Crippen LogP contribution is -2.24. The Bertz CT molecular complexity index is 853. The number of benzene rings is 1. The van der Waals surface area contributed by atoms with Crippen LogP contribution in [-0.4, -0.2) is 28.0 Å². The van der Waals surface area contributed by atoms with Crippen LogP contribution < -0.4 is 5.56 Å². The minimum Gasteiger partial charge on any atom is -0.377 e. The summed E-state index contributed by atoms with van der Waals surface area (Å²) in [4.78, 5) is 17.9. The summed E-state index contributed by atoms with van der Waals surface area (Å²) in [6.07, 6.45) is 10.8. The number of allylic oxidation sites excluding steroid dienone is 2. The minimum atomic E-state index is 0.0850. The van der Waals surface area contributed by atoms with E-state index in [1.54, 1.807) is 11.8 Å². The van der Waals surface area contributed by atoms with Gasteiger partial charge in [0.15, 0.2) is 5.16 Å². The van der Waals surface area contributed by atoms with Gasteiger partial charge < -0.3 is 4.74 Å². The van der Waals surface area contributed by atoms with Gasteiger partial charge >= 0.3 is 0 Å². The van der Waals surface area contributed by atoms with E-state index in [1.165, 1.54) is 31.3 Å². The first-order valence-corrected chi connectivity index (χ1v) is 10.7. The molecule has 1 aliphatic heterocycles. The third kappa shape index (κ3) is 4.04. The van der Waals surface area contributed by atoms with Crippen LogP contribution >= 0.6 is 11.8 Å². The van der Waals surface area contributed by atoms with Crippen molar-refractivity contribution in [1.29, 1.82) is 0 Å². The molecule has 1 atom stereocenters. The van der Waals surface area contributed by atoms with Gasteiger partial charge in [-0.05, 0) is 57.1 Å².